The molecule has 0 aliphatic rings. The zero-order chi connectivity index (χ0) is 40.5. The molecule has 0 aliphatic carbocycles. The van der Waals surface area contributed by atoms with Crippen LogP contribution in [0.25, 0.3) is 111 Å². The van der Waals surface area contributed by atoms with Crippen LogP contribution in [-0.2, 0) is 0 Å². The van der Waals surface area contributed by atoms with E-state index in [9.17, 15) is 0 Å². The van der Waals surface area contributed by atoms with Crippen molar-refractivity contribution in [3.8, 4) is 89.4 Å². The molecular weight excluding hydrogens is 741 g/mol. The predicted molar refractivity (Wildman–Crippen MR) is 253 cm³/mol. The summed E-state index contributed by atoms with van der Waals surface area (Å²) in [6.45, 7) is 0. The van der Waals surface area contributed by atoms with Gasteiger partial charge in [-0.3, -0.25) is 0 Å². The molecule has 3 nitrogen and oxygen atoms in total. The van der Waals surface area contributed by atoms with Crippen LogP contribution in [0.3, 0.4) is 0 Å². The second kappa shape index (κ2) is 15.6. The van der Waals surface area contributed by atoms with E-state index < -0.39 is 0 Å². The van der Waals surface area contributed by atoms with Crippen molar-refractivity contribution in [2.24, 2.45) is 0 Å². The van der Waals surface area contributed by atoms with Crippen molar-refractivity contribution in [2.75, 3.05) is 0 Å². The lowest BCUT2D eigenvalue weighted by Gasteiger charge is -2.11. The number of benzene rings is 9. The molecule has 0 amide bonds. The fraction of sp³-hybridized carbons (Fsp3) is 0. The summed E-state index contributed by atoms with van der Waals surface area (Å²) in [5, 5.41) is 1.90. The molecule has 0 bridgehead atoms. The summed E-state index contributed by atoms with van der Waals surface area (Å²) in [4.78, 5) is 10.4. The van der Waals surface area contributed by atoms with Crippen molar-refractivity contribution in [3.05, 3.63) is 231 Å². The van der Waals surface area contributed by atoms with Crippen molar-refractivity contribution in [1.82, 2.24) is 9.97 Å². The van der Waals surface area contributed by atoms with Crippen molar-refractivity contribution in [3.63, 3.8) is 0 Å². The third-order valence-corrected chi connectivity index (χ3v) is 11.5. The maximum absolute atomic E-state index is 6.46. The van der Waals surface area contributed by atoms with E-state index in [-0.39, 0.29) is 0 Å². The van der Waals surface area contributed by atoms with Gasteiger partial charge in [-0.2, -0.15) is 4.98 Å². The van der Waals surface area contributed by atoms with Crippen LogP contribution in [0.5, 0.6) is 0 Å². The maximum atomic E-state index is 6.46. The molecule has 0 atom stereocenters. The second-order valence-electron chi connectivity index (χ2n) is 15.4. The van der Waals surface area contributed by atoms with Gasteiger partial charge in [-0.25, -0.2) is 4.98 Å². The average Bonchev–Trinajstić information content (AvgIpc) is 3.73. The summed E-state index contributed by atoms with van der Waals surface area (Å²) in [7, 11) is 0. The quantitative estimate of drug-likeness (QED) is 0.154. The van der Waals surface area contributed by atoms with Gasteiger partial charge in [-0.15, -0.1) is 0 Å². The van der Waals surface area contributed by atoms with E-state index in [1.54, 1.807) is 0 Å². The van der Waals surface area contributed by atoms with E-state index in [0.29, 0.717) is 11.5 Å². The standard InChI is InChI=1S/C58H38N2O/c1-3-14-39(15-4-1)41-30-32-42(33-31-41)44-19-10-21-46(35-44)49-24-12-26-51(37-49)56-55-53-28-7-8-29-54(53)61-58(55)60-57(59-56)52-27-13-25-50(38-52)48-23-11-22-47(36-48)45-20-9-18-43(34-45)40-16-5-2-6-17-40/h1-38H. The Bertz CT molecular complexity index is 3350. The highest BCUT2D eigenvalue weighted by Gasteiger charge is 2.19. The topological polar surface area (TPSA) is 38.9 Å². The van der Waals surface area contributed by atoms with E-state index in [4.69, 9.17) is 14.4 Å². The fourth-order valence-electron chi connectivity index (χ4n) is 8.40. The Morgan fingerprint density at radius 2 is 0.607 bits per heavy atom. The number of nitrogens with zero attached hydrogens (tertiary/aromatic N) is 2. The monoisotopic (exact) mass is 778 g/mol. The molecule has 0 fully saturated rings. The number of aromatic nitrogens is 2. The summed E-state index contributed by atoms with van der Waals surface area (Å²) in [5.41, 5.74) is 18.1. The average molecular weight is 779 g/mol. The summed E-state index contributed by atoms with van der Waals surface area (Å²) >= 11 is 0. The summed E-state index contributed by atoms with van der Waals surface area (Å²) in [6.07, 6.45) is 0. The maximum Gasteiger partial charge on any atom is 0.231 e. The predicted octanol–water partition coefficient (Wildman–Crippen LogP) is 15.7. The molecule has 2 heterocycles. The summed E-state index contributed by atoms with van der Waals surface area (Å²) < 4.78 is 6.46. The Balaban J connectivity index is 0.960. The van der Waals surface area contributed by atoms with Crippen molar-refractivity contribution >= 4 is 22.1 Å². The first kappa shape index (κ1) is 36.0. The van der Waals surface area contributed by atoms with E-state index in [1.807, 2.05) is 18.2 Å². The third kappa shape index (κ3) is 7.09. The number of fused-ring (bicyclic) bond motifs is 3. The van der Waals surface area contributed by atoms with Crippen LogP contribution < -0.4 is 0 Å². The fourth-order valence-corrected chi connectivity index (χ4v) is 8.40. The molecule has 0 N–H and O–H groups in total. The molecule has 61 heavy (non-hydrogen) atoms. The van der Waals surface area contributed by atoms with Crippen LogP contribution in [0.4, 0.5) is 0 Å². The Morgan fingerprint density at radius 3 is 1.13 bits per heavy atom. The zero-order valence-corrected chi connectivity index (χ0v) is 33.2. The molecule has 286 valence electrons. The van der Waals surface area contributed by atoms with Crippen LogP contribution in [0.1, 0.15) is 0 Å². The van der Waals surface area contributed by atoms with Crippen LogP contribution in [-0.4, -0.2) is 9.97 Å². The Kier molecular flexibility index (Phi) is 9.18. The molecule has 0 saturated carbocycles. The van der Waals surface area contributed by atoms with E-state index in [1.165, 1.54) is 38.9 Å². The highest BCUT2D eigenvalue weighted by atomic mass is 16.3. The van der Waals surface area contributed by atoms with E-state index in [0.717, 1.165) is 61.0 Å². The van der Waals surface area contributed by atoms with Crippen molar-refractivity contribution < 1.29 is 4.42 Å². The molecule has 9 aromatic carbocycles. The Labute approximate surface area is 354 Å². The second-order valence-corrected chi connectivity index (χ2v) is 15.4. The minimum atomic E-state index is 0.568. The van der Waals surface area contributed by atoms with Gasteiger partial charge in [0.25, 0.3) is 0 Å². The molecule has 11 rings (SSSR count). The molecule has 0 saturated heterocycles. The van der Waals surface area contributed by atoms with E-state index in [2.05, 4.69) is 212 Å². The number of rotatable bonds is 8. The minimum Gasteiger partial charge on any atom is -0.438 e. The molecule has 2 aromatic heterocycles. The molecule has 11 aromatic rings. The summed E-state index contributed by atoms with van der Waals surface area (Å²) in [5.74, 6) is 0.612. The van der Waals surface area contributed by atoms with Gasteiger partial charge in [-0.05, 0) is 103 Å². The lowest BCUT2D eigenvalue weighted by Crippen LogP contribution is -1.94. The molecular formula is C58H38N2O. The van der Waals surface area contributed by atoms with Gasteiger partial charge < -0.3 is 4.42 Å². The van der Waals surface area contributed by atoms with Gasteiger partial charge in [0.05, 0.1) is 11.1 Å². The van der Waals surface area contributed by atoms with Crippen LogP contribution in [0.15, 0.2) is 235 Å². The van der Waals surface area contributed by atoms with Gasteiger partial charge in [0.2, 0.25) is 5.71 Å². The molecule has 0 radical (unpaired) electrons. The summed E-state index contributed by atoms with van der Waals surface area (Å²) in [6, 6.07) is 81.3. The van der Waals surface area contributed by atoms with Crippen LogP contribution in [0, 0.1) is 0 Å². The van der Waals surface area contributed by atoms with E-state index >= 15 is 0 Å². The smallest absolute Gasteiger partial charge is 0.231 e. The number of para-hydroxylation sites is 1. The first-order valence-corrected chi connectivity index (χ1v) is 20.6. The molecule has 3 heteroatoms. The number of furan rings is 1. The molecule has 0 unspecified atom stereocenters. The largest absolute Gasteiger partial charge is 0.438 e. The highest BCUT2D eigenvalue weighted by Crippen LogP contribution is 2.39. The van der Waals surface area contributed by atoms with Gasteiger partial charge >= 0.3 is 0 Å². The van der Waals surface area contributed by atoms with Gasteiger partial charge in [0.1, 0.15) is 5.58 Å². The first-order valence-electron chi connectivity index (χ1n) is 20.6. The highest BCUT2D eigenvalue weighted by molar-refractivity contribution is 6.10. The zero-order valence-electron chi connectivity index (χ0n) is 33.2. The Morgan fingerprint density at radius 1 is 0.262 bits per heavy atom. The minimum absolute atomic E-state index is 0.568. The normalized spacial score (nSPS) is 11.3. The van der Waals surface area contributed by atoms with Crippen molar-refractivity contribution in [1.29, 1.82) is 0 Å². The van der Waals surface area contributed by atoms with Gasteiger partial charge in [-0.1, -0.05) is 194 Å². The lowest BCUT2D eigenvalue weighted by atomic mass is 9.95. The van der Waals surface area contributed by atoms with Gasteiger partial charge in [0.15, 0.2) is 5.82 Å². The van der Waals surface area contributed by atoms with Crippen LogP contribution in [0.2, 0.25) is 0 Å². The van der Waals surface area contributed by atoms with Crippen molar-refractivity contribution in [2.45, 2.75) is 0 Å². The lowest BCUT2D eigenvalue weighted by molar-refractivity contribution is 0.653. The molecule has 0 spiro atoms. The third-order valence-electron chi connectivity index (χ3n) is 11.5. The van der Waals surface area contributed by atoms with Crippen LogP contribution >= 0.6 is 0 Å². The Hall–Kier alpha value is -8.14. The van der Waals surface area contributed by atoms with Gasteiger partial charge in [0, 0.05) is 16.5 Å². The number of hydrogen-bond acceptors (Lipinski definition) is 3. The SMILES string of the molecule is c1ccc(-c2ccc(-c3cccc(-c4cccc(-c5nc(-c6cccc(-c7cccc(-c8cccc(-c9ccccc9)c8)c7)c6)nc6oc7ccccc7c56)c4)c3)cc2)cc1. The first-order chi connectivity index (χ1) is 30.2. The molecule has 0 aliphatic heterocycles. The number of hydrogen-bond donors (Lipinski definition) is 0.